The smallest absolute Gasteiger partial charge is 0.156 e. The van der Waals surface area contributed by atoms with Crippen molar-refractivity contribution in [3.05, 3.63) is 0 Å². The molecule has 2 aliphatic rings. The molecular weight excluding hydrogens is 180 g/mol. The van der Waals surface area contributed by atoms with E-state index in [2.05, 4.69) is 17.2 Å². The van der Waals surface area contributed by atoms with E-state index in [1.165, 1.54) is 36.6 Å². The number of aliphatic imine (C=N–C) groups is 1. The summed E-state index contributed by atoms with van der Waals surface area (Å²) in [5, 5.41) is 4.77. The van der Waals surface area contributed by atoms with Crippen LogP contribution in [-0.4, -0.2) is 23.5 Å². The monoisotopic (exact) mass is 198 g/mol. The van der Waals surface area contributed by atoms with Crippen molar-refractivity contribution in [3.8, 4) is 0 Å². The Labute approximate surface area is 84.6 Å². The van der Waals surface area contributed by atoms with Crippen molar-refractivity contribution in [3.63, 3.8) is 0 Å². The van der Waals surface area contributed by atoms with Crippen LogP contribution in [0.15, 0.2) is 4.99 Å². The van der Waals surface area contributed by atoms with Crippen molar-refractivity contribution in [2.45, 2.75) is 38.6 Å². The zero-order chi connectivity index (χ0) is 9.10. The van der Waals surface area contributed by atoms with E-state index in [0.29, 0.717) is 6.04 Å². The highest BCUT2D eigenvalue weighted by Gasteiger charge is 2.22. The summed E-state index contributed by atoms with van der Waals surface area (Å²) in [7, 11) is 0. The molecular formula is C10H18N2S. The average molecular weight is 198 g/mol. The Balaban J connectivity index is 1.85. The van der Waals surface area contributed by atoms with Gasteiger partial charge in [-0.25, -0.2) is 0 Å². The molecule has 0 aromatic rings. The minimum atomic E-state index is 0.693. The average Bonchev–Trinajstić information content (AvgIpc) is 2.61. The lowest BCUT2D eigenvalue weighted by Crippen LogP contribution is -2.39. The van der Waals surface area contributed by atoms with Crippen LogP contribution >= 0.6 is 11.8 Å². The number of amidine groups is 1. The van der Waals surface area contributed by atoms with Crippen molar-refractivity contribution < 1.29 is 0 Å². The molecule has 0 bridgehead atoms. The SMILES string of the molecule is C[C@H]1CCCC[C@H]1NC1=NCCS1. The normalized spacial score (nSPS) is 34.4. The molecule has 0 saturated heterocycles. The van der Waals surface area contributed by atoms with E-state index in [0.717, 1.165) is 12.5 Å². The molecule has 13 heavy (non-hydrogen) atoms. The summed E-state index contributed by atoms with van der Waals surface area (Å²) in [6, 6.07) is 0.693. The Bertz CT molecular complexity index is 203. The molecule has 0 radical (unpaired) electrons. The summed E-state index contributed by atoms with van der Waals surface area (Å²) >= 11 is 1.88. The maximum atomic E-state index is 4.43. The van der Waals surface area contributed by atoms with Crippen LogP contribution in [0.4, 0.5) is 0 Å². The highest BCUT2D eigenvalue weighted by Crippen LogP contribution is 2.24. The van der Waals surface area contributed by atoms with Crippen LogP contribution in [0.5, 0.6) is 0 Å². The summed E-state index contributed by atoms with van der Waals surface area (Å²) in [5.41, 5.74) is 0. The molecule has 2 rings (SSSR count). The first kappa shape index (κ1) is 9.38. The van der Waals surface area contributed by atoms with E-state index in [4.69, 9.17) is 0 Å². The van der Waals surface area contributed by atoms with Crippen LogP contribution < -0.4 is 5.32 Å². The second-order valence-corrected chi connectivity index (χ2v) is 5.13. The molecule has 74 valence electrons. The third kappa shape index (κ3) is 2.39. The molecule has 1 aliphatic heterocycles. The molecule has 1 fully saturated rings. The first-order chi connectivity index (χ1) is 6.36. The van der Waals surface area contributed by atoms with Gasteiger partial charge in [-0.1, -0.05) is 31.5 Å². The lowest BCUT2D eigenvalue weighted by Gasteiger charge is -2.29. The lowest BCUT2D eigenvalue weighted by molar-refractivity contribution is 0.310. The fraction of sp³-hybridized carbons (Fsp3) is 0.900. The standard InChI is InChI=1S/C10H18N2S/c1-8-4-2-3-5-9(8)12-10-11-6-7-13-10/h8-9H,2-7H2,1H3,(H,11,12)/t8-,9+/m0/s1. The van der Waals surface area contributed by atoms with E-state index < -0.39 is 0 Å². The number of hydrogen-bond acceptors (Lipinski definition) is 3. The predicted molar refractivity (Wildman–Crippen MR) is 59.3 cm³/mol. The van der Waals surface area contributed by atoms with Gasteiger partial charge in [-0.3, -0.25) is 4.99 Å². The van der Waals surface area contributed by atoms with Gasteiger partial charge >= 0.3 is 0 Å². The highest BCUT2D eigenvalue weighted by atomic mass is 32.2. The van der Waals surface area contributed by atoms with Crippen LogP contribution in [0.1, 0.15) is 32.6 Å². The van der Waals surface area contributed by atoms with Gasteiger partial charge in [-0.15, -0.1) is 0 Å². The van der Waals surface area contributed by atoms with E-state index >= 15 is 0 Å². The Hall–Kier alpha value is -0.180. The van der Waals surface area contributed by atoms with E-state index in [1.54, 1.807) is 0 Å². The Morgan fingerprint density at radius 1 is 1.38 bits per heavy atom. The van der Waals surface area contributed by atoms with E-state index in [-0.39, 0.29) is 0 Å². The number of rotatable bonds is 1. The van der Waals surface area contributed by atoms with E-state index in [9.17, 15) is 0 Å². The molecule has 0 amide bonds. The summed E-state index contributed by atoms with van der Waals surface area (Å²) in [5.74, 6) is 2.00. The van der Waals surface area contributed by atoms with Crippen molar-refractivity contribution in [1.82, 2.24) is 5.32 Å². The number of thioether (sulfide) groups is 1. The molecule has 2 nitrogen and oxygen atoms in total. The van der Waals surface area contributed by atoms with Gasteiger partial charge in [0.25, 0.3) is 0 Å². The molecule has 0 spiro atoms. The largest absolute Gasteiger partial charge is 0.362 e. The maximum absolute atomic E-state index is 4.43. The molecule has 0 unspecified atom stereocenters. The van der Waals surface area contributed by atoms with Crippen LogP contribution in [0, 0.1) is 5.92 Å². The predicted octanol–water partition coefficient (Wildman–Crippen LogP) is 2.26. The summed E-state index contributed by atoms with van der Waals surface area (Å²) in [6.45, 7) is 3.37. The first-order valence-corrected chi connectivity index (χ1v) is 6.28. The molecule has 1 aliphatic carbocycles. The molecule has 0 aromatic heterocycles. The molecule has 1 N–H and O–H groups in total. The van der Waals surface area contributed by atoms with Gasteiger partial charge in [0.2, 0.25) is 0 Å². The summed E-state index contributed by atoms with van der Waals surface area (Å²) < 4.78 is 0. The van der Waals surface area contributed by atoms with Crippen molar-refractivity contribution in [2.24, 2.45) is 10.9 Å². The molecule has 1 heterocycles. The van der Waals surface area contributed by atoms with Gasteiger partial charge in [0, 0.05) is 11.8 Å². The first-order valence-electron chi connectivity index (χ1n) is 5.30. The van der Waals surface area contributed by atoms with Gasteiger partial charge in [0.05, 0.1) is 6.54 Å². The lowest BCUT2D eigenvalue weighted by atomic mass is 9.86. The van der Waals surface area contributed by atoms with Crippen molar-refractivity contribution in [1.29, 1.82) is 0 Å². The number of nitrogens with zero attached hydrogens (tertiary/aromatic N) is 1. The fourth-order valence-electron chi connectivity index (χ4n) is 2.11. The summed E-state index contributed by atoms with van der Waals surface area (Å²) in [4.78, 5) is 4.43. The van der Waals surface area contributed by atoms with Gasteiger partial charge in [0.1, 0.15) is 0 Å². The van der Waals surface area contributed by atoms with Gasteiger partial charge in [0.15, 0.2) is 5.17 Å². The highest BCUT2D eigenvalue weighted by molar-refractivity contribution is 8.14. The zero-order valence-corrected chi connectivity index (χ0v) is 9.07. The minimum Gasteiger partial charge on any atom is -0.362 e. The quantitative estimate of drug-likeness (QED) is 0.699. The number of hydrogen-bond donors (Lipinski definition) is 1. The van der Waals surface area contributed by atoms with Crippen LogP contribution in [-0.2, 0) is 0 Å². The molecule has 1 saturated carbocycles. The van der Waals surface area contributed by atoms with Gasteiger partial charge < -0.3 is 5.32 Å². The second kappa shape index (κ2) is 4.36. The van der Waals surface area contributed by atoms with Crippen LogP contribution in [0.3, 0.4) is 0 Å². The van der Waals surface area contributed by atoms with Crippen molar-refractivity contribution >= 4 is 16.9 Å². The topological polar surface area (TPSA) is 24.4 Å². The van der Waals surface area contributed by atoms with Crippen molar-refractivity contribution in [2.75, 3.05) is 12.3 Å². The molecule has 2 atom stereocenters. The van der Waals surface area contributed by atoms with E-state index in [1.807, 2.05) is 11.8 Å². The summed E-state index contributed by atoms with van der Waals surface area (Å²) in [6.07, 6.45) is 5.52. The minimum absolute atomic E-state index is 0.693. The van der Waals surface area contributed by atoms with Gasteiger partial charge in [-0.2, -0.15) is 0 Å². The molecule has 3 heteroatoms. The fourth-order valence-corrected chi connectivity index (χ4v) is 2.90. The zero-order valence-electron chi connectivity index (χ0n) is 8.25. The van der Waals surface area contributed by atoms with Crippen LogP contribution in [0.25, 0.3) is 0 Å². The Morgan fingerprint density at radius 2 is 2.23 bits per heavy atom. The molecule has 0 aromatic carbocycles. The third-order valence-electron chi connectivity index (χ3n) is 3.01. The Kier molecular flexibility index (Phi) is 3.14. The second-order valence-electron chi connectivity index (χ2n) is 4.05. The van der Waals surface area contributed by atoms with Gasteiger partial charge in [-0.05, 0) is 18.8 Å². The van der Waals surface area contributed by atoms with Crippen LogP contribution in [0.2, 0.25) is 0 Å². The number of nitrogens with one attached hydrogen (secondary N) is 1. The third-order valence-corrected chi connectivity index (χ3v) is 3.91. The maximum Gasteiger partial charge on any atom is 0.156 e. The Morgan fingerprint density at radius 3 is 2.92 bits per heavy atom.